The molecule has 0 saturated carbocycles. The van der Waals surface area contributed by atoms with E-state index in [1.54, 1.807) is 13.0 Å². The Bertz CT molecular complexity index is 1890. The van der Waals surface area contributed by atoms with Crippen LogP contribution in [0.5, 0.6) is 0 Å². The summed E-state index contributed by atoms with van der Waals surface area (Å²) in [7, 11) is 2.68. The van der Waals surface area contributed by atoms with Crippen molar-refractivity contribution < 1.29 is 28.7 Å². The second-order valence-corrected chi connectivity index (χ2v) is 10.9. The van der Waals surface area contributed by atoms with Crippen molar-refractivity contribution in [1.29, 1.82) is 0 Å². The lowest BCUT2D eigenvalue weighted by Gasteiger charge is -2.07. The molecule has 2 aromatic heterocycles. The number of hydrogen-bond donors (Lipinski definition) is 3. The largest absolute Gasteiger partial charge is 0.469 e. The van der Waals surface area contributed by atoms with Crippen LogP contribution in [0.3, 0.4) is 0 Å². The summed E-state index contributed by atoms with van der Waals surface area (Å²) in [4.78, 5) is 59.9. The van der Waals surface area contributed by atoms with Crippen molar-refractivity contribution in [2.24, 2.45) is 4.99 Å². The summed E-state index contributed by atoms with van der Waals surface area (Å²) in [6.07, 6.45) is 9.97. The Balaban J connectivity index is 1.84. The van der Waals surface area contributed by atoms with E-state index in [4.69, 9.17) is 9.47 Å². The van der Waals surface area contributed by atoms with Gasteiger partial charge in [-0.3, -0.25) is 19.2 Å². The number of H-pyrrole nitrogens is 2. The number of hydrogen-bond acceptors (Lipinski definition) is 6. The number of aliphatic imine (C=N–C) groups is 1. The van der Waals surface area contributed by atoms with Crippen LogP contribution in [0, 0.1) is 13.8 Å². The molecule has 2 aliphatic heterocycles. The Hall–Kier alpha value is -5.25. The number of allylic oxidation sites excluding steroid dienone is 2. The zero-order chi connectivity index (χ0) is 33.0. The van der Waals surface area contributed by atoms with Crippen LogP contribution in [0.15, 0.2) is 52.2 Å². The SMILES string of the molecule is C=CC1=C(C)C(/C=c2/[nH]/c(=C/c3[nH]c(/C=C4\NC(=O)C(C)=C4CCC(=O)OC)c(CCC(=O)OC)c3C)c(C)c2C=C)=NC1=O. The number of aromatic nitrogens is 2. The number of methoxy groups -OCH3 is 2. The molecule has 2 aromatic rings. The van der Waals surface area contributed by atoms with Crippen LogP contribution in [0.1, 0.15) is 66.8 Å². The molecule has 0 fully saturated rings. The second-order valence-electron chi connectivity index (χ2n) is 10.9. The zero-order valence-corrected chi connectivity index (χ0v) is 26.5. The van der Waals surface area contributed by atoms with E-state index in [0.717, 1.165) is 55.5 Å². The summed E-state index contributed by atoms with van der Waals surface area (Å²) in [6.45, 7) is 15.2. The first-order chi connectivity index (χ1) is 21.4. The molecule has 0 atom stereocenters. The quantitative estimate of drug-likeness (QED) is 0.332. The fourth-order valence-electron chi connectivity index (χ4n) is 5.54. The molecule has 10 nitrogen and oxygen atoms in total. The summed E-state index contributed by atoms with van der Waals surface area (Å²) >= 11 is 0. The van der Waals surface area contributed by atoms with Crippen LogP contribution >= 0.6 is 0 Å². The predicted molar refractivity (Wildman–Crippen MR) is 174 cm³/mol. The molecule has 0 spiro atoms. The van der Waals surface area contributed by atoms with E-state index in [9.17, 15) is 19.2 Å². The van der Waals surface area contributed by atoms with Crippen molar-refractivity contribution in [3.8, 4) is 0 Å². The number of ether oxygens (including phenoxy) is 2. The van der Waals surface area contributed by atoms with Crippen molar-refractivity contribution in [3.05, 3.63) is 91.6 Å². The summed E-state index contributed by atoms with van der Waals surface area (Å²) in [6, 6.07) is 0. The molecular weight excluding hydrogens is 572 g/mol. The van der Waals surface area contributed by atoms with Gasteiger partial charge in [0, 0.05) is 57.3 Å². The van der Waals surface area contributed by atoms with Crippen LogP contribution in [0.25, 0.3) is 24.3 Å². The van der Waals surface area contributed by atoms with E-state index in [1.807, 2.05) is 39.0 Å². The molecule has 45 heavy (non-hydrogen) atoms. The average Bonchev–Trinajstić information content (AvgIpc) is 3.66. The molecule has 10 heteroatoms. The summed E-state index contributed by atoms with van der Waals surface area (Å²) in [5.41, 5.74) is 8.81. The van der Waals surface area contributed by atoms with Gasteiger partial charge in [-0.25, -0.2) is 4.99 Å². The van der Waals surface area contributed by atoms with Crippen molar-refractivity contribution in [2.75, 3.05) is 14.2 Å². The van der Waals surface area contributed by atoms with Crippen molar-refractivity contribution in [2.45, 2.75) is 53.4 Å². The Labute approximate surface area is 261 Å². The van der Waals surface area contributed by atoms with Crippen molar-refractivity contribution in [1.82, 2.24) is 15.3 Å². The Morgan fingerprint density at radius 2 is 1.47 bits per heavy atom. The Kier molecular flexibility index (Phi) is 9.86. The Morgan fingerprint density at radius 1 is 0.800 bits per heavy atom. The van der Waals surface area contributed by atoms with Gasteiger partial charge in [-0.05, 0) is 86.6 Å². The fraction of sp³-hybridized carbons (Fsp3) is 0.286. The Morgan fingerprint density at radius 3 is 2.07 bits per heavy atom. The summed E-state index contributed by atoms with van der Waals surface area (Å²) in [5.74, 6) is -1.24. The smallest absolute Gasteiger partial charge is 0.305 e. The van der Waals surface area contributed by atoms with Gasteiger partial charge in [-0.15, -0.1) is 0 Å². The van der Waals surface area contributed by atoms with Gasteiger partial charge in [-0.2, -0.15) is 0 Å². The van der Waals surface area contributed by atoms with Gasteiger partial charge in [0.15, 0.2) is 0 Å². The lowest BCUT2D eigenvalue weighted by molar-refractivity contribution is -0.141. The first-order valence-corrected chi connectivity index (χ1v) is 14.5. The van der Waals surface area contributed by atoms with Gasteiger partial charge < -0.3 is 24.8 Å². The minimum absolute atomic E-state index is 0.134. The van der Waals surface area contributed by atoms with E-state index < -0.39 is 0 Å². The summed E-state index contributed by atoms with van der Waals surface area (Å²) < 4.78 is 9.68. The predicted octanol–water partition coefficient (Wildman–Crippen LogP) is 3.54. The number of carbonyl (C=O) groups is 4. The van der Waals surface area contributed by atoms with Crippen LogP contribution in [-0.4, -0.2) is 53.7 Å². The lowest BCUT2D eigenvalue weighted by atomic mass is 10.0. The highest BCUT2D eigenvalue weighted by molar-refractivity contribution is 6.31. The van der Waals surface area contributed by atoms with Gasteiger partial charge in [0.2, 0.25) is 0 Å². The number of amides is 2. The third kappa shape index (κ3) is 6.64. The molecule has 4 rings (SSSR count). The molecule has 2 aliphatic rings. The number of nitrogens with zero attached hydrogens (tertiary/aromatic N) is 1. The van der Waals surface area contributed by atoms with Gasteiger partial charge in [-0.1, -0.05) is 25.3 Å². The van der Waals surface area contributed by atoms with Crippen LogP contribution in [-0.2, 0) is 35.1 Å². The first kappa shape index (κ1) is 32.7. The average molecular weight is 611 g/mol. The third-order valence-corrected chi connectivity index (χ3v) is 8.31. The van der Waals surface area contributed by atoms with Crippen LogP contribution in [0.4, 0.5) is 0 Å². The van der Waals surface area contributed by atoms with Crippen molar-refractivity contribution >= 4 is 53.8 Å². The molecule has 0 saturated heterocycles. The lowest BCUT2D eigenvalue weighted by Crippen LogP contribution is -2.15. The topological polar surface area (TPSA) is 143 Å². The van der Waals surface area contributed by atoms with E-state index in [-0.39, 0.29) is 36.6 Å². The number of esters is 2. The fourth-order valence-corrected chi connectivity index (χ4v) is 5.54. The maximum atomic E-state index is 12.6. The van der Waals surface area contributed by atoms with E-state index in [0.29, 0.717) is 35.4 Å². The summed E-state index contributed by atoms with van der Waals surface area (Å²) in [5, 5.41) is 4.48. The molecule has 0 radical (unpaired) electrons. The third-order valence-electron chi connectivity index (χ3n) is 8.31. The zero-order valence-electron chi connectivity index (χ0n) is 26.5. The number of aromatic amines is 2. The van der Waals surface area contributed by atoms with Crippen molar-refractivity contribution in [3.63, 3.8) is 0 Å². The van der Waals surface area contributed by atoms with Gasteiger partial charge in [0.25, 0.3) is 11.8 Å². The van der Waals surface area contributed by atoms with Crippen LogP contribution in [0.2, 0.25) is 0 Å². The highest BCUT2D eigenvalue weighted by Gasteiger charge is 2.25. The maximum Gasteiger partial charge on any atom is 0.305 e. The molecule has 3 N–H and O–H groups in total. The van der Waals surface area contributed by atoms with E-state index in [1.165, 1.54) is 20.3 Å². The molecule has 0 unspecified atom stereocenters. The maximum absolute atomic E-state index is 12.6. The highest BCUT2D eigenvalue weighted by Crippen LogP contribution is 2.30. The molecule has 0 aliphatic carbocycles. The van der Waals surface area contributed by atoms with Gasteiger partial charge in [0.1, 0.15) is 0 Å². The molecular formula is C35H38N4O6. The van der Waals surface area contributed by atoms with E-state index in [2.05, 4.69) is 33.4 Å². The first-order valence-electron chi connectivity index (χ1n) is 14.5. The van der Waals surface area contributed by atoms with Gasteiger partial charge >= 0.3 is 11.9 Å². The number of nitrogens with one attached hydrogen (secondary N) is 3. The normalized spacial score (nSPS) is 16.6. The number of carbonyl (C=O) groups excluding carboxylic acids is 4. The second kappa shape index (κ2) is 13.6. The van der Waals surface area contributed by atoms with Crippen LogP contribution < -0.4 is 16.0 Å². The minimum Gasteiger partial charge on any atom is -0.469 e. The monoisotopic (exact) mass is 610 g/mol. The molecule has 0 bridgehead atoms. The highest BCUT2D eigenvalue weighted by atomic mass is 16.5. The molecule has 4 heterocycles. The standard InChI is InChI=1S/C35H38N4O6/c1-9-22-18(3)26(36-29(22)16-28-19(4)23(10-2)35(43)38-28)15-27-20(5)24(11-13-32(40)44-7)30(37-27)17-31-25(12-14-33(41)45-8)21(6)34(42)39-31/h9-10,15-17,36-37H,1-2,11-14H2,3-8H3,(H,39,42)/b26-15+,29-16+,31-17-. The molecule has 0 aromatic carbocycles. The molecule has 2 amide bonds. The minimum atomic E-state index is -0.365. The number of rotatable bonds is 11. The molecule has 234 valence electrons. The van der Waals surface area contributed by atoms with Gasteiger partial charge in [0.05, 0.1) is 19.9 Å². The van der Waals surface area contributed by atoms with E-state index >= 15 is 0 Å².